The highest BCUT2D eigenvalue weighted by Crippen LogP contribution is 2.23. The third-order valence-corrected chi connectivity index (χ3v) is 2.73. The van der Waals surface area contributed by atoms with Gasteiger partial charge in [0.2, 0.25) is 0 Å². The number of hydrogen-bond donors (Lipinski definition) is 0. The molecule has 0 aliphatic rings. The molecule has 0 aromatic heterocycles. The van der Waals surface area contributed by atoms with E-state index in [9.17, 15) is 0 Å². The van der Waals surface area contributed by atoms with Crippen molar-refractivity contribution in [2.45, 2.75) is 46.7 Å². The van der Waals surface area contributed by atoms with Crippen LogP contribution in [-0.4, -0.2) is 17.0 Å². The van der Waals surface area contributed by atoms with Gasteiger partial charge in [-0.25, -0.2) is 0 Å². The van der Waals surface area contributed by atoms with Crippen molar-refractivity contribution < 1.29 is 0 Å². The SMILES string of the molecule is CC=C(c1ccccc1)N(C(C)C)C(C)C. The van der Waals surface area contributed by atoms with Gasteiger partial charge in [-0.2, -0.15) is 0 Å². The maximum atomic E-state index is 2.45. The Morgan fingerprint density at radius 1 is 1.00 bits per heavy atom. The predicted octanol–water partition coefficient (Wildman–Crippen LogP) is 4.17. The summed E-state index contributed by atoms with van der Waals surface area (Å²) in [5, 5.41) is 0. The van der Waals surface area contributed by atoms with Crippen molar-refractivity contribution in [3.63, 3.8) is 0 Å². The van der Waals surface area contributed by atoms with Crippen molar-refractivity contribution in [2.75, 3.05) is 0 Å². The fraction of sp³-hybridized carbons (Fsp3) is 0.467. The van der Waals surface area contributed by atoms with E-state index in [4.69, 9.17) is 0 Å². The second-order valence-electron chi connectivity index (χ2n) is 4.63. The number of allylic oxidation sites excluding steroid dienone is 1. The molecule has 0 N–H and O–H groups in total. The van der Waals surface area contributed by atoms with Crippen molar-refractivity contribution in [1.82, 2.24) is 4.90 Å². The molecule has 0 fully saturated rings. The number of benzene rings is 1. The van der Waals surface area contributed by atoms with Gasteiger partial charge in [-0.1, -0.05) is 36.4 Å². The first kappa shape index (κ1) is 12.8. The molecule has 0 amide bonds. The van der Waals surface area contributed by atoms with Crippen LogP contribution in [0.3, 0.4) is 0 Å². The Balaban J connectivity index is 3.07. The van der Waals surface area contributed by atoms with Gasteiger partial charge >= 0.3 is 0 Å². The average Bonchev–Trinajstić information content (AvgIpc) is 2.25. The smallest absolute Gasteiger partial charge is 0.0401 e. The summed E-state index contributed by atoms with van der Waals surface area (Å²) in [6.45, 7) is 11.1. The van der Waals surface area contributed by atoms with Gasteiger partial charge in [-0.05, 0) is 40.2 Å². The van der Waals surface area contributed by atoms with E-state index in [0.717, 1.165) is 0 Å². The lowest BCUT2D eigenvalue weighted by Gasteiger charge is -2.35. The highest BCUT2D eigenvalue weighted by Gasteiger charge is 2.16. The molecule has 16 heavy (non-hydrogen) atoms. The zero-order chi connectivity index (χ0) is 12.1. The second kappa shape index (κ2) is 5.74. The van der Waals surface area contributed by atoms with Crippen LogP contribution < -0.4 is 0 Å². The van der Waals surface area contributed by atoms with Crippen LogP contribution >= 0.6 is 0 Å². The Morgan fingerprint density at radius 3 is 1.88 bits per heavy atom. The molecule has 1 aromatic rings. The largest absolute Gasteiger partial charge is 0.366 e. The van der Waals surface area contributed by atoms with E-state index in [-0.39, 0.29) is 0 Å². The molecular weight excluding hydrogens is 194 g/mol. The van der Waals surface area contributed by atoms with Crippen molar-refractivity contribution in [2.24, 2.45) is 0 Å². The van der Waals surface area contributed by atoms with Crippen LogP contribution in [0.15, 0.2) is 36.4 Å². The molecule has 0 unspecified atom stereocenters. The zero-order valence-corrected chi connectivity index (χ0v) is 11.1. The lowest BCUT2D eigenvalue weighted by Crippen LogP contribution is -2.35. The van der Waals surface area contributed by atoms with E-state index in [0.29, 0.717) is 12.1 Å². The molecule has 0 spiro atoms. The van der Waals surface area contributed by atoms with Crippen LogP contribution in [0.4, 0.5) is 0 Å². The van der Waals surface area contributed by atoms with Crippen molar-refractivity contribution in [3.8, 4) is 0 Å². The van der Waals surface area contributed by atoms with Gasteiger partial charge in [0.05, 0.1) is 0 Å². The molecule has 1 aromatic carbocycles. The molecule has 0 aliphatic heterocycles. The molecule has 1 rings (SSSR count). The third kappa shape index (κ3) is 2.88. The Morgan fingerprint density at radius 2 is 1.50 bits per heavy atom. The fourth-order valence-corrected chi connectivity index (χ4v) is 2.23. The molecule has 0 saturated carbocycles. The van der Waals surface area contributed by atoms with Gasteiger partial charge in [0.25, 0.3) is 0 Å². The summed E-state index contributed by atoms with van der Waals surface area (Å²) < 4.78 is 0. The van der Waals surface area contributed by atoms with E-state index in [1.165, 1.54) is 11.3 Å². The first-order chi connectivity index (χ1) is 7.57. The summed E-state index contributed by atoms with van der Waals surface area (Å²) in [7, 11) is 0. The first-order valence-corrected chi connectivity index (χ1v) is 6.08. The summed E-state index contributed by atoms with van der Waals surface area (Å²) in [4.78, 5) is 2.45. The molecule has 1 nitrogen and oxygen atoms in total. The lowest BCUT2D eigenvalue weighted by molar-refractivity contribution is 0.274. The highest BCUT2D eigenvalue weighted by molar-refractivity contribution is 5.64. The van der Waals surface area contributed by atoms with Gasteiger partial charge in [0, 0.05) is 17.8 Å². The summed E-state index contributed by atoms with van der Waals surface area (Å²) in [6.07, 6.45) is 2.20. The number of nitrogens with zero attached hydrogens (tertiary/aromatic N) is 1. The first-order valence-electron chi connectivity index (χ1n) is 6.08. The second-order valence-corrected chi connectivity index (χ2v) is 4.63. The molecule has 0 saturated heterocycles. The van der Waals surface area contributed by atoms with E-state index < -0.39 is 0 Å². The monoisotopic (exact) mass is 217 g/mol. The maximum Gasteiger partial charge on any atom is 0.0401 e. The molecule has 0 atom stereocenters. The molecule has 1 heteroatoms. The van der Waals surface area contributed by atoms with Crippen LogP contribution in [0.25, 0.3) is 5.70 Å². The third-order valence-electron chi connectivity index (χ3n) is 2.73. The van der Waals surface area contributed by atoms with Crippen molar-refractivity contribution in [1.29, 1.82) is 0 Å². The Hall–Kier alpha value is -1.24. The van der Waals surface area contributed by atoms with Crippen LogP contribution in [0.2, 0.25) is 0 Å². The summed E-state index contributed by atoms with van der Waals surface area (Å²) in [5.74, 6) is 0. The quantitative estimate of drug-likeness (QED) is 0.731. The summed E-state index contributed by atoms with van der Waals surface area (Å²) in [5.41, 5.74) is 2.62. The predicted molar refractivity (Wildman–Crippen MR) is 72.2 cm³/mol. The van der Waals surface area contributed by atoms with Gasteiger partial charge in [-0.15, -0.1) is 0 Å². The topological polar surface area (TPSA) is 3.24 Å². The van der Waals surface area contributed by atoms with Gasteiger partial charge in [0.15, 0.2) is 0 Å². The van der Waals surface area contributed by atoms with Gasteiger partial charge in [0.1, 0.15) is 0 Å². The molecular formula is C15H23N. The maximum absolute atomic E-state index is 2.45. The molecule has 0 heterocycles. The standard InChI is InChI=1S/C15H23N/c1-6-15(14-10-8-7-9-11-14)16(12(2)3)13(4)5/h6-13H,1-5H3. The number of hydrogen-bond acceptors (Lipinski definition) is 1. The Bertz CT molecular complexity index is 328. The van der Waals surface area contributed by atoms with Gasteiger partial charge < -0.3 is 4.90 Å². The van der Waals surface area contributed by atoms with Gasteiger partial charge in [-0.3, -0.25) is 0 Å². The van der Waals surface area contributed by atoms with Crippen molar-refractivity contribution >= 4 is 5.70 Å². The summed E-state index contributed by atoms with van der Waals surface area (Å²) in [6, 6.07) is 11.6. The van der Waals surface area contributed by atoms with Crippen LogP contribution in [0.5, 0.6) is 0 Å². The zero-order valence-electron chi connectivity index (χ0n) is 11.1. The van der Waals surface area contributed by atoms with Crippen LogP contribution in [0, 0.1) is 0 Å². The molecule has 88 valence electrons. The van der Waals surface area contributed by atoms with E-state index in [1.807, 2.05) is 0 Å². The Kier molecular flexibility index (Phi) is 4.60. The molecule has 0 radical (unpaired) electrons. The highest BCUT2D eigenvalue weighted by atomic mass is 15.2. The van der Waals surface area contributed by atoms with E-state index >= 15 is 0 Å². The summed E-state index contributed by atoms with van der Waals surface area (Å²) >= 11 is 0. The van der Waals surface area contributed by atoms with E-state index in [2.05, 4.69) is 75.9 Å². The average molecular weight is 217 g/mol. The number of rotatable bonds is 4. The normalized spacial score (nSPS) is 12.3. The minimum absolute atomic E-state index is 0.520. The van der Waals surface area contributed by atoms with Crippen LogP contribution in [0.1, 0.15) is 40.2 Å². The minimum atomic E-state index is 0.520. The Labute approximate surface area is 99.8 Å². The molecule has 0 aliphatic carbocycles. The van der Waals surface area contributed by atoms with Crippen molar-refractivity contribution in [3.05, 3.63) is 42.0 Å². The fourth-order valence-electron chi connectivity index (χ4n) is 2.23. The minimum Gasteiger partial charge on any atom is -0.366 e. The lowest BCUT2D eigenvalue weighted by atomic mass is 10.1. The molecule has 0 bridgehead atoms. The van der Waals surface area contributed by atoms with E-state index in [1.54, 1.807) is 0 Å². The van der Waals surface area contributed by atoms with Crippen LogP contribution in [-0.2, 0) is 0 Å².